The Morgan fingerprint density at radius 3 is 2.12 bits per heavy atom. The number of ether oxygens (including phenoxy) is 4. The highest BCUT2D eigenvalue weighted by atomic mass is 35.5. The van der Waals surface area contributed by atoms with Crippen LogP contribution in [0.5, 0.6) is 17.2 Å². The first-order valence-corrected chi connectivity index (χ1v) is 9.96. The van der Waals surface area contributed by atoms with Crippen LogP contribution in [0.25, 0.3) is 0 Å². The normalized spacial score (nSPS) is 10.2. The third kappa shape index (κ3) is 5.50. The van der Waals surface area contributed by atoms with Gasteiger partial charge in [0.2, 0.25) is 0 Å². The summed E-state index contributed by atoms with van der Waals surface area (Å²) < 4.78 is 20.8. The zero-order valence-corrected chi connectivity index (χ0v) is 18.6. The van der Waals surface area contributed by atoms with E-state index < -0.39 is 5.97 Å². The highest BCUT2D eigenvalue weighted by Gasteiger charge is 2.16. The summed E-state index contributed by atoms with van der Waals surface area (Å²) in [4.78, 5) is 24.8. The molecular formula is C24H22ClNO6. The molecule has 0 fully saturated rings. The summed E-state index contributed by atoms with van der Waals surface area (Å²) >= 11 is 6.14. The summed E-state index contributed by atoms with van der Waals surface area (Å²) in [6.45, 7) is 0.0329. The van der Waals surface area contributed by atoms with Crippen molar-refractivity contribution in [1.82, 2.24) is 0 Å². The highest BCUT2D eigenvalue weighted by Crippen LogP contribution is 2.36. The van der Waals surface area contributed by atoms with E-state index in [9.17, 15) is 9.59 Å². The van der Waals surface area contributed by atoms with E-state index in [0.29, 0.717) is 28.5 Å². The van der Waals surface area contributed by atoms with Crippen LogP contribution in [0.3, 0.4) is 0 Å². The minimum Gasteiger partial charge on any atom is -0.497 e. The molecule has 0 saturated heterocycles. The number of methoxy groups -OCH3 is 3. The maximum atomic E-state index is 12.4. The number of hydrogen-bond acceptors (Lipinski definition) is 6. The molecule has 1 N–H and O–H groups in total. The Morgan fingerprint density at radius 1 is 0.844 bits per heavy atom. The van der Waals surface area contributed by atoms with Crippen LogP contribution >= 0.6 is 11.6 Å². The maximum absolute atomic E-state index is 12.4. The molecule has 0 heterocycles. The highest BCUT2D eigenvalue weighted by molar-refractivity contribution is 6.32. The predicted molar refractivity (Wildman–Crippen MR) is 121 cm³/mol. The first kappa shape index (κ1) is 23.0. The second-order valence-electron chi connectivity index (χ2n) is 6.65. The molecule has 0 unspecified atom stereocenters. The van der Waals surface area contributed by atoms with E-state index in [1.807, 2.05) is 0 Å². The molecule has 166 valence electrons. The number of halogens is 1. The van der Waals surface area contributed by atoms with Gasteiger partial charge in [0.05, 0.1) is 31.9 Å². The molecule has 32 heavy (non-hydrogen) atoms. The van der Waals surface area contributed by atoms with Gasteiger partial charge in [0.25, 0.3) is 5.91 Å². The average molecular weight is 456 g/mol. The molecule has 1 amide bonds. The van der Waals surface area contributed by atoms with Gasteiger partial charge < -0.3 is 24.3 Å². The van der Waals surface area contributed by atoms with Gasteiger partial charge in [-0.3, -0.25) is 4.79 Å². The topological polar surface area (TPSA) is 83.1 Å². The Hall–Kier alpha value is -3.71. The van der Waals surface area contributed by atoms with E-state index in [0.717, 1.165) is 5.56 Å². The van der Waals surface area contributed by atoms with Crippen molar-refractivity contribution in [2.45, 2.75) is 6.61 Å². The van der Waals surface area contributed by atoms with Gasteiger partial charge in [-0.15, -0.1) is 0 Å². The second kappa shape index (κ2) is 10.5. The van der Waals surface area contributed by atoms with Crippen LogP contribution in [-0.2, 0) is 11.3 Å². The number of carbonyl (C=O) groups is 2. The summed E-state index contributed by atoms with van der Waals surface area (Å²) in [7, 11) is 4.49. The van der Waals surface area contributed by atoms with Crippen LogP contribution in [0.4, 0.5) is 5.69 Å². The van der Waals surface area contributed by atoms with Crippen LogP contribution in [0.1, 0.15) is 26.3 Å². The summed E-state index contributed by atoms with van der Waals surface area (Å²) in [6, 6.07) is 16.8. The fraction of sp³-hybridized carbons (Fsp3) is 0.167. The smallest absolute Gasteiger partial charge is 0.338 e. The Bertz CT molecular complexity index is 1100. The van der Waals surface area contributed by atoms with Gasteiger partial charge in [-0.1, -0.05) is 23.7 Å². The van der Waals surface area contributed by atoms with Crippen LogP contribution in [0, 0.1) is 0 Å². The van der Waals surface area contributed by atoms with E-state index in [1.165, 1.54) is 26.4 Å². The van der Waals surface area contributed by atoms with Crippen molar-refractivity contribution in [1.29, 1.82) is 0 Å². The minimum atomic E-state index is -0.561. The summed E-state index contributed by atoms with van der Waals surface area (Å²) in [5, 5.41) is 3.05. The van der Waals surface area contributed by atoms with Gasteiger partial charge in [0.1, 0.15) is 12.4 Å². The van der Waals surface area contributed by atoms with E-state index >= 15 is 0 Å². The predicted octanol–water partition coefficient (Wildman–Crippen LogP) is 4.98. The maximum Gasteiger partial charge on any atom is 0.338 e. The Morgan fingerprint density at radius 2 is 1.53 bits per heavy atom. The van der Waals surface area contributed by atoms with Gasteiger partial charge in [0.15, 0.2) is 11.5 Å². The molecule has 0 aliphatic carbocycles. The van der Waals surface area contributed by atoms with Gasteiger partial charge in [-0.2, -0.15) is 0 Å². The molecule has 0 aliphatic rings. The molecule has 3 aromatic carbocycles. The number of esters is 1. The van der Waals surface area contributed by atoms with E-state index in [4.69, 9.17) is 30.5 Å². The van der Waals surface area contributed by atoms with Crippen molar-refractivity contribution < 1.29 is 28.5 Å². The molecule has 3 aromatic rings. The number of benzene rings is 3. The SMILES string of the molecule is COc1ccc(NC(=O)c2ccc(COC(=O)c3cc(Cl)c(OC)c(OC)c3)cc2)cc1. The number of carbonyl (C=O) groups excluding carboxylic acids is 2. The molecule has 7 nitrogen and oxygen atoms in total. The molecule has 0 atom stereocenters. The molecule has 0 radical (unpaired) electrons. The fourth-order valence-electron chi connectivity index (χ4n) is 2.90. The average Bonchev–Trinajstić information content (AvgIpc) is 2.82. The summed E-state index contributed by atoms with van der Waals surface area (Å²) in [5.41, 5.74) is 2.10. The molecule has 0 aromatic heterocycles. The van der Waals surface area contributed by atoms with Gasteiger partial charge >= 0.3 is 5.97 Å². The van der Waals surface area contributed by atoms with E-state index in [2.05, 4.69) is 5.32 Å². The van der Waals surface area contributed by atoms with Crippen molar-refractivity contribution in [3.05, 3.63) is 82.4 Å². The van der Waals surface area contributed by atoms with E-state index in [-0.39, 0.29) is 23.1 Å². The van der Waals surface area contributed by atoms with Gasteiger partial charge in [-0.25, -0.2) is 4.79 Å². The van der Waals surface area contributed by atoms with Crippen LogP contribution in [-0.4, -0.2) is 33.2 Å². The van der Waals surface area contributed by atoms with Crippen LogP contribution in [0.15, 0.2) is 60.7 Å². The number of anilines is 1. The van der Waals surface area contributed by atoms with E-state index in [1.54, 1.807) is 55.6 Å². The second-order valence-corrected chi connectivity index (χ2v) is 7.06. The molecule has 0 saturated carbocycles. The molecule has 3 rings (SSSR count). The zero-order chi connectivity index (χ0) is 23.1. The quantitative estimate of drug-likeness (QED) is 0.482. The number of rotatable bonds is 8. The summed E-state index contributed by atoms with van der Waals surface area (Å²) in [6.07, 6.45) is 0. The number of nitrogens with one attached hydrogen (secondary N) is 1. The molecule has 0 spiro atoms. The zero-order valence-electron chi connectivity index (χ0n) is 17.8. The number of hydrogen-bond donors (Lipinski definition) is 1. The Labute approximate surface area is 190 Å². The Balaban J connectivity index is 1.60. The monoisotopic (exact) mass is 455 g/mol. The first-order chi connectivity index (χ1) is 15.4. The third-order valence-corrected chi connectivity index (χ3v) is 4.88. The van der Waals surface area contributed by atoms with Crippen LogP contribution in [0.2, 0.25) is 5.02 Å². The van der Waals surface area contributed by atoms with Gasteiger partial charge in [0, 0.05) is 11.3 Å². The number of amides is 1. The third-order valence-electron chi connectivity index (χ3n) is 4.60. The lowest BCUT2D eigenvalue weighted by molar-refractivity contribution is 0.0472. The van der Waals surface area contributed by atoms with Crippen molar-refractivity contribution >= 4 is 29.2 Å². The van der Waals surface area contributed by atoms with Crippen molar-refractivity contribution in [3.8, 4) is 17.2 Å². The van der Waals surface area contributed by atoms with Gasteiger partial charge in [-0.05, 0) is 54.1 Å². The minimum absolute atomic E-state index is 0.0329. The first-order valence-electron chi connectivity index (χ1n) is 9.58. The Kier molecular flexibility index (Phi) is 7.57. The largest absolute Gasteiger partial charge is 0.497 e. The standard InChI is InChI=1S/C24H22ClNO6/c1-29-19-10-8-18(9-11-19)26-23(27)16-6-4-15(5-7-16)14-32-24(28)17-12-20(25)22(31-3)21(13-17)30-2/h4-13H,14H2,1-3H3,(H,26,27). The lowest BCUT2D eigenvalue weighted by Gasteiger charge is -2.12. The molecule has 8 heteroatoms. The van der Waals surface area contributed by atoms with Crippen molar-refractivity contribution in [2.75, 3.05) is 26.6 Å². The summed E-state index contributed by atoms with van der Waals surface area (Å²) in [5.74, 6) is 0.568. The lowest BCUT2D eigenvalue weighted by atomic mass is 10.1. The molecular weight excluding hydrogens is 434 g/mol. The molecule has 0 aliphatic heterocycles. The lowest BCUT2D eigenvalue weighted by Crippen LogP contribution is -2.12. The van der Waals surface area contributed by atoms with Crippen LogP contribution < -0.4 is 19.5 Å². The molecule has 0 bridgehead atoms. The fourth-order valence-corrected chi connectivity index (χ4v) is 3.19. The van der Waals surface area contributed by atoms with Crippen molar-refractivity contribution in [3.63, 3.8) is 0 Å². The van der Waals surface area contributed by atoms with Crippen molar-refractivity contribution in [2.24, 2.45) is 0 Å².